The molecule has 0 aliphatic heterocycles. The number of benzene rings is 1. The summed E-state index contributed by atoms with van der Waals surface area (Å²) < 4.78 is 0. The van der Waals surface area contributed by atoms with Crippen LogP contribution < -0.4 is 4.90 Å². The predicted molar refractivity (Wildman–Crippen MR) is 60.9 cm³/mol. The van der Waals surface area contributed by atoms with Gasteiger partial charge in [0.05, 0.1) is 5.52 Å². The van der Waals surface area contributed by atoms with Crippen LogP contribution in [0.4, 0.5) is 5.69 Å². The molecule has 15 heavy (non-hydrogen) atoms. The zero-order chi connectivity index (χ0) is 10.8. The van der Waals surface area contributed by atoms with Gasteiger partial charge in [0.1, 0.15) is 0 Å². The molecule has 0 spiro atoms. The molecule has 0 N–H and O–H groups in total. The molecule has 0 saturated carbocycles. The Bertz CT molecular complexity index is 508. The first-order valence-electron chi connectivity index (χ1n) is 4.76. The SMILES string of the molecule is Cc1ccnc2ccc(N(C)C=O)cc12. The Morgan fingerprint density at radius 3 is 2.87 bits per heavy atom. The van der Waals surface area contributed by atoms with Crippen LogP contribution in [0, 0.1) is 6.92 Å². The average molecular weight is 200 g/mol. The summed E-state index contributed by atoms with van der Waals surface area (Å²) in [5.74, 6) is 0. The maximum atomic E-state index is 10.6. The molecule has 1 heterocycles. The van der Waals surface area contributed by atoms with Crippen molar-refractivity contribution < 1.29 is 4.79 Å². The quantitative estimate of drug-likeness (QED) is 0.696. The summed E-state index contributed by atoms with van der Waals surface area (Å²) in [7, 11) is 1.74. The summed E-state index contributed by atoms with van der Waals surface area (Å²) in [6.45, 7) is 2.04. The van der Waals surface area contributed by atoms with E-state index in [1.54, 1.807) is 18.1 Å². The fourth-order valence-corrected chi connectivity index (χ4v) is 1.55. The van der Waals surface area contributed by atoms with Crippen LogP contribution in [0.5, 0.6) is 0 Å². The number of fused-ring (bicyclic) bond motifs is 1. The standard InChI is InChI=1S/C12H12N2O/c1-9-5-6-13-12-4-3-10(7-11(9)12)14(2)8-15/h3-8H,1-2H3. The average Bonchev–Trinajstić information content (AvgIpc) is 2.28. The number of pyridine rings is 1. The fourth-order valence-electron chi connectivity index (χ4n) is 1.55. The van der Waals surface area contributed by atoms with Crippen molar-refractivity contribution in [3.8, 4) is 0 Å². The second-order valence-corrected chi connectivity index (χ2v) is 3.55. The molecule has 0 atom stereocenters. The molecule has 0 saturated heterocycles. The molecular weight excluding hydrogens is 188 g/mol. The molecule has 2 aromatic rings. The fraction of sp³-hybridized carbons (Fsp3) is 0.167. The zero-order valence-electron chi connectivity index (χ0n) is 8.77. The first kappa shape index (κ1) is 9.65. The number of aromatic nitrogens is 1. The molecule has 0 aliphatic carbocycles. The van der Waals surface area contributed by atoms with Crippen LogP contribution >= 0.6 is 0 Å². The van der Waals surface area contributed by atoms with E-state index in [2.05, 4.69) is 4.98 Å². The van der Waals surface area contributed by atoms with E-state index in [4.69, 9.17) is 0 Å². The van der Waals surface area contributed by atoms with Gasteiger partial charge in [-0.1, -0.05) is 0 Å². The lowest BCUT2D eigenvalue weighted by atomic mass is 10.1. The Kier molecular flexibility index (Phi) is 2.37. The van der Waals surface area contributed by atoms with Gasteiger partial charge in [0.25, 0.3) is 0 Å². The second-order valence-electron chi connectivity index (χ2n) is 3.55. The van der Waals surface area contributed by atoms with E-state index < -0.39 is 0 Å². The van der Waals surface area contributed by atoms with Crippen molar-refractivity contribution in [2.24, 2.45) is 0 Å². The van der Waals surface area contributed by atoms with Crippen LogP contribution in [-0.4, -0.2) is 18.4 Å². The van der Waals surface area contributed by atoms with Gasteiger partial charge < -0.3 is 4.90 Å². The van der Waals surface area contributed by atoms with Gasteiger partial charge in [-0.15, -0.1) is 0 Å². The van der Waals surface area contributed by atoms with Gasteiger partial charge in [-0.05, 0) is 36.8 Å². The van der Waals surface area contributed by atoms with Crippen molar-refractivity contribution in [1.29, 1.82) is 0 Å². The molecule has 1 aromatic carbocycles. The molecule has 76 valence electrons. The monoisotopic (exact) mass is 200 g/mol. The van der Waals surface area contributed by atoms with Crippen molar-refractivity contribution in [2.45, 2.75) is 6.92 Å². The van der Waals surface area contributed by atoms with E-state index >= 15 is 0 Å². The number of hydrogen-bond acceptors (Lipinski definition) is 2. The molecule has 0 aliphatic rings. The van der Waals surface area contributed by atoms with Gasteiger partial charge in [0.2, 0.25) is 6.41 Å². The highest BCUT2D eigenvalue weighted by molar-refractivity contribution is 5.88. The molecular formula is C12H12N2O. The maximum Gasteiger partial charge on any atom is 0.213 e. The molecule has 0 fully saturated rings. The summed E-state index contributed by atoms with van der Waals surface area (Å²) >= 11 is 0. The lowest BCUT2D eigenvalue weighted by Gasteiger charge is -2.11. The number of aryl methyl sites for hydroxylation is 1. The third-order valence-electron chi connectivity index (χ3n) is 2.51. The third-order valence-corrected chi connectivity index (χ3v) is 2.51. The highest BCUT2D eigenvalue weighted by atomic mass is 16.1. The van der Waals surface area contributed by atoms with Gasteiger partial charge in [-0.2, -0.15) is 0 Å². The number of carbonyl (C=O) groups excluding carboxylic acids is 1. The number of amides is 1. The molecule has 3 nitrogen and oxygen atoms in total. The molecule has 0 radical (unpaired) electrons. The molecule has 3 heteroatoms. The molecule has 1 aromatic heterocycles. The number of carbonyl (C=O) groups is 1. The minimum absolute atomic E-state index is 0.798. The Morgan fingerprint density at radius 2 is 2.13 bits per heavy atom. The second kappa shape index (κ2) is 3.69. The molecule has 0 bridgehead atoms. The van der Waals surface area contributed by atoms with Gasteiger partial charge in [0, 0.05) is 24.3 Å². The number of anilines is 1. The van der Waals surface area contributed by atoms with Gasteiger partial charge in [0.15, 0.2) is 0 Å². The van der Waals surface area contributed by atoms with Crippen molar-refractivity contribution in [3.63, 3.8) is 0 Å². The number of hydrogen-bond donors (Lipinski definition) is 0. The van der Waals surface area contributed by atoms with Gasteiger partial charge >= 0.3 is 0 Å². The lowest BCUT2D eigenvalue weighted by Crippen LogP contribution is -2.13. The Morgan fingerprint density at radius 1 is 1.33 bits per heavy atom. The van der Waals surface area contributed by atoms with Crippen molar-refractivity contribution in [2.75, 3.05) is 11.9 Å². The van der Waals surface area contributed by atoms with Crippen LogP contribution in [0.3, 0.4) is 0 Å². The largest absolute Gasteiger partial charge is 0.318 e. The van der Waals surface area contributed by atoms with Crippen LogP contribution in [-0.2, 0) is 4.79 Å². The summed E-state index contributed by atoms with van der Waals surface area (Å²) in [5.41, 5.74) is 3.01. The summed E-state index contributed by atoms with van der Waals surface area (Å²) in [5, 5.41) is 1.09. The van der Waals surface area contributed by atoms with E-state index in [1.807, 2.05) is 31.2 Å². The van der Waals surface area contributed by atoms with E-state index in [9.17, 15) is 4.79 Å². The Labute approximate surface area is 88.3 Å². The maximum absolute atomic E-state index is 10.6. The highest BCUT2D eigenvalue weighted by Crippen LogP contribution is 2.21. The van der Waals surface area contributed by atoms with Crippen molar-refractivity contribution in [1.82, 2.24) is 4.98 Å². The minimum Gasteiger partial charge on any atom is -0.318 e. The van der Waals surface area contributed by atoms with Crippen LogP contribution in [0.1, 0.15) is 5.56 Å². The van der Waals surface area contributed by atoms with Crippen LogP contribution in [0.2, 0.25) is 0 Å². The molecule has 0 unspecified atom stereocenters. The summed E-state index contributed by atoms with van der Waals surface area (Å²) in [4.78, 5) is 16.4. The highest BCUT2D eigenvalue weighted by Gasteiger charge is 2.02. The Hall–Kier alpha value is -1.90. The first-order valence-corrected chi connectivity index (χ1v) is 4.76. The lowest BCUT2D eigenvalue weighted by molar-refractivity contribution is -0.107. The predicted octanol–water partition coefficient (Wildman–Crippen LogP) is 2.14. The molecule has 2 rings (SSSR count). The van der Waals surface area contributed by atoms with Gasteiger partial charge in [-0.25, -0.2) is 0 Å². The summed E-state index contributed by atoms with van der Waals surface area (Å²) in [6.07, 6.45) is 2.59. The van der Waals surface area contributed by atoms with Gasteiger partial charge in [-0.3, -0.25) is 9.78 Å². The number of rotatable bonds is 2. The normalized spacial score (nSPS) is 10.3. The van der Waals surface area contributed by atoms with Crippen LogP contribution in [0.15, 0.2) is 30.5 Å². The smallest absolute Gasteiger partial charge is 0.213 e. The summed E-state index contributed by atoms with van der Waals surface area (Å²) in [6, 6.07) is 7.76. The van der Waals surface area contributed by atoms with E-state index in [0.717, 1.165) is 23.0 Å². The van der Waals surface area contributed by atoms with Crippen molar-refractivity contribution in [3.05, 3.63) is 36.0 Å². The van der Waals surface area contributed by atoms with E-state index in [0.29, 0.717) is 0 Å². The van der Waals surface area contributed by atoms with E-state index in [-0.39, 0.29) is 0 Å². The third kappa shape index (κ3) is 1.68. The van der Waals surface area contributed by atoms with Crippen molar-refractivity contribution >= 4 is 23.0 Å². The molecule has 1 amide bonds. The topological polar surface area (TPSA) is 33.2 Å². The number of nitrogens with zero attached hydrogens (tertiary/aromatic N) is 2. The Balaban J connectivity index is 2.64. The van der Waals surface area contributed by atoms with E-state index in [1.165, 1.54) is 5.56 Å². The first-order chi connectivity index (χ1) is 7.22. The van der Waals surface area contributed by atoms with Crippen LogP contribution in [0.25, 0.3) is 10.9 Å². The minimum atomic E-state index is 0.798. The zero-order valence-corrected chi connectivity index (χ0v) is 8.77.